The van der Waals surface area contributed by atoms with Gasteiger partial charge in [-0.25, -0.2) is 0 Å². The van der Waals surface area contributed by atoms with Crippen LogP contribution in [-0.2, 0) is 0 Å². The minimum atomic E-state index is -0.0803. The highest BCUT2D eigenvalue weighted by molar-refractivity contribution is 4.89. The zero-order valence-corrected chi connectivity index (χ0v) is 8.05. The van der Waals surface area contributed by atoms with Crippen LogP contribution in [0.1, 0.15) is 51.9 Å². The van der Waals surface area contributed by atoms with E-state index in [2.05, 4.69) is 6.92 Å². The fraction of sp³-hybridized carbons (Fsp3) is 1.00. The van der Waals surface area contributed by atoms with Crippen LogP contribution in [0.2, 0.25) is 0 Å². The molecule has 0 unspecified atom stereocenters. The summed E-state index contributed by atoms with van der Waals surface area (Å²) in [4.78, 5) is 0. The highest BCUT2D eigenvalue weighted by Crippen LogP contribution is 2.30. The van der Waals surface area contributed by atoms with Crippen molar-refractivity contribution in [2.45, 2.75) is 63.5 Å². The average molecular weight is 171 g/mol. The molecule has 1 rings (SSSR count). The number of hydrogen-bond donors (Lipinski definition) is 2. The van der Waals surface area contributed by atoms with Crippen molar-refractivity contribution in [3.05, 3.63) is 0 Å². The Hall–Kier alpha value is -0.0800. The maximum absolute atomic E-state index is 9.31. The zero-order valence-electron chi connectivity index (χ0n) is 8.05. The highest BCUT2D eigenvalue weighted by atomic mass is 16.3. The van der Waals surface area contributed by atoms with Crippen molar-refractivity contribution in [3.63, 3.8) is 0 Å². The summed E-state index contributed by atoms with van der Waals surface area (Å²) in [5, 5.41) is 9.31. The number of hydrogen-bond acceptors (Lipinski definition) is 2. The van der Waals surface area contributed by atoms with Gasteiger partial charge in [0.25, 0.3) is 0 Å². The lowest BCUT2D eigenvalue weighted by Gasteiger charge is -2.35. The Bertz CT molecular complexity index is 122. The maximum Gasteiger partial charge on any atom is 0.0541 e. The molecule has 72 valence electrons. The SMILES string of the molecule is CCCCC1(N)CCC(O)CC1. The summed E-state index contributed by atoms with van der Waals surface area (Å²) in [6, 6.07) is 0. The second-order valence-electron chi connectivity index (χ2n) is 4.20. The van der Waals surface area contributed by atoms with E-state index in [9.17, 15) is 5.11 Å². The molecule has 1 aliphatic rings. The third kappa shape index (κ3) is 2.76. The third-order valence-corrected chi connectivity index (χ3v) is 2.98. The van der Waals surface area contributed by atoms with Crippen LogP contribution in [-0.4, -0.2) is 16.7 Å². The summed E-state index contributed by atoms with van der Waals surface area (Å²) >= 11 is 0. The van der Waals surface area contributed by atoms with Gasteiger partial charge in [0.15, 0.2) is 0 Å². The molecule has 0 aromatic heterocycles. The average Bonchev–Trinajstić information content (AvgIpc) is 2.08. The Kier molecular flexibility index (Phi) is 3.53. The molecule has 0 amide bonds. The van der Waals surface area contributed by atoms with Gasteiger partial charge in [-0.1, -0.05) is 19.8 Å². The molecule has 1 fully saturated rings. The molecule has 0 heterocycles. The van der Waals surface area contributed by atoms with Crippen molar-refractivity contribution in [3.8, 4) is 0 Å². The van der Waals surface area contributed by atoms with E-state index in [1.807, 2.05) is 0 Å². The van der Waals surface area contributed by atoms with E-state index >= 15 is 0 Å². The summed E-state index contributed by atoms with van der Waals surface area (Å²) in [5.41, 5.74) is 6.25. The predicted octanol–water partition coefficient (Wildman–Crippen LogP) is 1.81. The fourth-order valence-corrected chi connectivity index (χ4v) is 1.96. The van der Waals surface area contributed by atoms with Crippen molar-refractivity contribution >= 4 is 0 Å². The van der Waals surface area contributed by atoms with E-state index in [1.54, 1.807) is 0 Å². The molecule has 0 aliphatic heterocycles. The lowest BCUT2D eigenvalue weighted by atomic mass is 9.78. The molecule has 2 nitrogen and oxygen atoms in total. The van der Waals surface area contributed by atoms with E-state index in [4.69, 9.17) is 5.73 Å². The molecule has 2 heteroatoms. The molecule has 1 saturated carbocycles. The first-order valence-corrected chi connectivity index (χ1v) is 5.13. The van der Waals surface area contributed by atoms with Crippen LogP contribution in [0.3, 0.4) is 0 Å². The number of aliphatic hydroxyl groups is 1. The molecule has 0 bridgehead atoms. The molecule has 1 aliphatic carbocycles. The van der Waals surface area contributed by atoms with E-state index < -0.39 is 0 Å². The Labute approximate surface area is 75.2 Å². The van der Waals surface area contributed by atoms with Crippen LogP contribution in [0.25, 0.3) is 0 Å². The molecule has 0 spiro atoms. The Balaban J connectivity index is 2.29. The van der Waals surface area contributed by atoms with Gasteiger partial charge in [-0.3, -0.25) is 0 Å². The lowest BCUT2D eigenvalue weighted by Crippen LogP contribution is -2.44. The van der Waals surface area contributed by atoms with Crippen LogP contribution in [0.15, 0.2) is 0 Å². The van der Waals surface area contributed by atoms with E-state index in [1.165, 1.54) is 12.8 Å². The minimum Gasteiger partial charge on any atom is -0.393 e. The molecule has 0 atom stereocenters. The van der Waals surface area contributed by atoms with Crippen LogP contribution in [0.4, 0.5) is 0 Å². The van der Waals surface area contributed by atoms with Gasteiger partial charge in [-0.2, -0.15) is 0 Å². The van der Waals surface area contributed by atoms with E-state index in [-0.39, 0.29) is 11.6 Å². The number of nitrogens with two attached hydrogens (primary N) is 1. The van der Waals surface area contributed by atoms with Gasteiger partial charge >= 0.3 is 0 Å². The lowest BCUT2D eigenvalue weighted by molar-refractivity contribution is 0.0936. The van der Waals surface area contributed by atoms with E-state index in [0.717, 1.165) is 32.1 Å². The fourth-order valence-electron chi connectivity index (χ4n) is 1.96. The van der Waals surface area contributed by atoms with Crippen molar-refractivity contribution in [2.24, 2.45) is 5.73 Å². The summed E-state index contributed by atoms with van der Waals surface area (Å²) in [6.07, 6.45) is 7.33. The summed E-state index contributed by atoms with van der Waals surface area (Å²) < 4.78 is 0. The third-order valence-electron chi connectivity index (χ3n) is 2.98. The normalized spacial score (nSPS) is 36.8. The predicted molar refractivity (Wildman–Crippen MR) is 50.9 cm³/mol. The molecule has 0 aromatic carbocycles. The van der Waals surface area contributed by atoms with Gasteiger partial charge < -0.3 is 10.8 Å². The van der Waals surface area contributed by atoms with Crippen molar-refractivity contribution < 1.29 is 5.11 Å². The van der Waals surface area contributed by atoms with Crippen molar-refractivity contribution in [2.75, 3.05) is 0 Å². The topological polar surface area (TPSA) is 46.2 Å². The van der Waals surface area contributed by atoms with Gasteiger partial charge in [0.1, 0.15) is 0 Å². The molecule has 3 N–H and O–H groups in total. The monoisotopic (exact) mass is 171 g/mol. The number of unbranched alkanes of at least 4 members (excludes halogenated alkanes) is 1. The molecular weight excluding hydrogens is 150 g/mol. The molecular formula is C10H21NO. The summed E-state index contributed by atoms with van der Waals surface area (Å²) in [6.45, 7) is 2.20. The van der Waals surface area contributed by atoms with Crippen LogP contribution in [0, 0.1) is 0 Å². The quantitative estimate of drug-likeness (QED) is 0.680. The van der Waals surface area contributed by atoms with Gasteiger partial charge in [-0.05, 0) is 32.1 Å². The largest absolute Gasteiger partial charge is 0.393 e. The van der Waals surface area contributed by atoms with Crippen molar-refractivity contribution in [1.82, 2.24) is 0 Å². The van der Waals surface area contributed by atoms with Gasteiger partial charge in [0.05, 0.1) is 6.10 Å². The zero-order chi connectivity index (χ0) is 9.03. The number of rotatable bonds is 3. The second kappa shape index (κ2) is 4.24. The smallest absolute Gasteiger partial charge is 0.0541 e. The number of aliphatic hydroxyl groups excluding tert-OH is 1. The highest BCUT2D eigenvalue weighted by Gasteiger charge is 2.29. The molecule has 12 heavy (non-hydrogen) atoms. The minimum absolute atomic E-state index is 0.0508. The van der Waals surface area contributed by atoms with Crippen LogP contribution < -0.4 is 5.73 Å². The van der Waals surface area contributed by atoms with Gasteiger partial charge in [0.2, 0.25) is 0 Å². The van der Waals surface area contributed by atoms with Crippen LogP contribution >= 0.6 is 0 Å². The van der Waals surface area contributed by atoms with Crippen LogP contribution in [0.5, 0.6) is 0 Å². The van der Waals surface area contributed by atoms with Gasteiger partial charge in [0, 0.05) is 5.54 Å². The molecule has 0 radical (unpaired) electrons. The second-order valence-corrected chi connectivity index (χ2v) is 4.20. The van der Waals surface area contributed by atoms with E-state index in [0.29, 0.717) is 0 Å². The molecule has 0 saturated heterocycles. The Morgan fingerprint density at radius 3 is 2.50 bits per heavy atom. The Morgan fingerprint density at radius 1 is 1.42 bits per heavy atom. The Morgan fingerprint density at radius 2 is 2.00 bits per heavy atom. The summed E-state index contributed by atoms with van der Waals surface area (Å²) in [5.74, 6) is 0. The summed E-state index contributed by atoms with van der Waals surface area (Å²) in [7, 11) is 0. The first kappa shape index (κ1) is 10.0. The van der Waals surface area contributed by atoms with Crippen molar-refractivity contribution in [1.29, 1.82) is 0 Å². The standard InChI is InChI=1S/C10H21NO/c1-2-3-6-10(11)7-4-9(12)5-8-10/h9,12H,2-8,11H2,1H3. The first-order valence-electron chi connectivity index (χ1n) is 5.13. The molecule has 0 aromatic rings. The first-order chi connectivity index (χ1) is 5.66. The maximum atomic E-state index is 9.31. The van der Waals surface area contributed by atoms with Gasteiger partial charge in [-0.15, -0.1) is 0 Å².